The molecule has 0 aromatic heterocycles. The van der Waals surface area contributed by atoms with Crippen molar-refractivity contribution in [1.29, 1.82) is 0 Å². The van der Waals surface area contributed by atoms with Crippen molar-refractivity contribution in [2.75, 3.05) is 25.4 Å². The van der Waals surface area contributed by atoms with Gasteiger partial charge in [0.05, 0.1) is 5.75 Å². The lowest BCUT2D eigenvalue weighted by Gasteiger charge is -2.36. The molecule has 0 amide bonds. The maximum Gasteiger partial charge on any atom is 0.154 e. The highest BCUT2D eigenvalue weighted by Gasteiger charge is 2.22. The summed E-state index contributed by atoms with van der Waals surface area (Å²) in [5, 5.41) is 0. The molecule has 1 aliphatic heterocycles. The zero-order valence-corrected chi connectivity index (χ0v) is 6.51. The zero-order valence-electron chi connectivity index (χ0n) is 5.69. The van der Waals surface area contributed by atoms with Crippen LogP contribution < -0.4 is 5.73 Å². The van der Waals surface area contributed by atoms with Gasteiger partial charge in [0.15, 0.2) is 11.1 Å². The topological polar surface area (TPSA) is 66.6 Å². The van der Waals surface area contributed by atoms with Crippen LogP contribution in [-0.2, 0) is 11.1 Å². The second-order valence-corrected chi connectivity index (χ2v) is 3.60. The van der Waals surface area contributed by atoms with Gasteiger partial charge in [0.25, 0.3) is 0 Å². The summed E-state index contributed by atoms with van der Waals surface area (Å²) in [5.41, 5.74) is 5.50. The number of rotatable bonds is 3. The Morgan fingerprint density at radius 1 is 1.70 bits per heavy atom. The van der Waals surface area contributed by atoms with E-state index in [2.05, 4.69) is 4.90 Å². The van der Waals surface area contributed by atoms with Crippen LogP contribution in [0.2, 0.25) is 0 Å². The van der Waals surface area contributed by atoms with Gasteiger partial charge in [-0.1, -0.05) is 0 Å². The molecular weight excluding hydrogens is 152 g/mol. The minimum atomic E-state index is -1.65. The van der Waals surface area contributed by atoms with Crippen LogP contribution in [0, 0.1) is 0 Å². The Morgan fingerprint density at radius 3 is 2.70 bits per heavy atom. The summed E-state index contributed by atoms with van der Waals surface area (Å²) in [4.78, 5) is 2.07. The van der Waals surface area contributed by atoms with Gasteiger partial charge in [-0.2, -0.15) is 0 Å². The maximum absolute atomic E-state index is 10.2. The van der Waals surface area contributed by atoms with E-state index in [0.29, 0.717) is 12.3 Å². The van der Waals surface area contributed by atoms with E-state index in [0.717, 1.165) is 13.1 Å². The third-order valence-corrected chi connectivity index (χ3v) is 2.10. The second kappa shape index (κ2) is 3.43. The average molecular weight is 164 g/mol. The number of hydrogen-bond acceptors (Lipinski definition) is 3. The largest absolute Gasteiger partial charge is 0.325 e. The van der Waals surface area contributed by atoms with Crippen molar-refractivity contribution < 1.29 is 8.76 Å². The SMILES string of the molecule is NC1CN(CCS(=O)O)C1. The highest BCUT2D eigenvalue weighted by atomic mass is 32.2. The molecular formula is C5H12N2O2S. The molecule has 1 fully saturated rings. The van der Waals surface area contributed by atoms with Crippen LogP contribution >= 0.6 is 0 Å². The smallest absolute Gasteiger partial charge is 0.154 e. The summed E-state index contributed by atoms with van der Waals surface area (Å²) >= 11 is -1.65. The Bertz CT molecular complexity index is 136. The van der Waals surface area contributed by atoms with Gasteiger partial charge in [-0.15, -0.1) is 0 Å². The monoisotopic (exact) mass is 164 g/mol. The molecule has 1 heterocycles. The van der Waals surface area contributed by atoms with Crippen molar-refractivity contribution in [2.24, 2.45) is 5.73 Å². The average Bonchev–Trinajstić information content (AvgIpc) is 1.77. The van der Waals surface area contributed by atoms with E-state index in [4.69, 9.17) is 10.3 Å². The molecule has 0 bridgehead atoms. The molecule has 60 valence electrons. The fraction of sp³-hybridized carbons (Fsp3) is 1.00. The zero-order chi connectivity index (χ0) is 7.56. The van der Waals surface area contributed by atoms with Crippen molar-refractivity contribution in [1.82, 2.24) is 4.90 Å². The summed E-state index contributed by atoms with van der Waals surface area (Å²) in [5.74, 6) is 0.340. The van der Waals surface area contributed by atoms with E-state index in [1.807, 2.05) is 0 Å². The molecule has 10 heavy (non-hydrogen) atoms. The van der Waals surface area contributed by atoms with E-state index >= 15 is 0 Å². The number of nitrogens with two attached hydrogens (primary N) is 1. The molecule has 0 spiro atoms. The molecule has 1 unspecified atom stereocenters. The summed E-state index contributed by atoms with van der Waals surface area (Å²) in [6, 6.07) is 0.284. The maximum atomic E-state index is 10.2. The Labute approximate surface area is 62.7 Å². The highest BCUT2D eigenvalue weighted by molar-refractivity contribution is 7.79. The molecule has 0 aliphatic carbocycles. The summed E-state index contributed by atoms with van der Waals surface area (Å²) in [7, 11) is 0. The fourth-order valence-electron chi connectivity index (χ4n) is 1.000. The van der Waals surface area contributed by atoms with Crippen molar-refractivity contribution in [3.8, 4) is 0 Å². The minimum absolute atomic E-state index is 0.284. The first kappa shape index (κ1) is 8.13. The lowest BCUT2D eigenvalue weighted by molar-refractivity contribution is 0.161. The quantitative estimate of drug-likeness (QED) is 0.517. The van der Waals surface area contributed by atoms with Crippen LogP contribution in [0.25, 0.3) is 0 Å². The van der Waals surface area contributed by atoms with E-state index in [9.17, 15) is 4.21 Å². The first-order valence-corrected chi connectivity index (χ1v) is 4.51. The van der Waals surface area contributed by atoms with Gasteiger partial charge in [0.2, 0.25) is 0 Å². The molecule has 1 saturated heterocycles. The van der Waals surface area contributed by atoms with Gasteiger partial charge in [0.1, 0.15) is 0 Å². The van der Waals surface area contributed by atoms with Crippen LogP contribution in [0.3, 0.4) is 0 Å². The minimum Gasteiger partial charge on any atom is -0.325 e. The summed E-state index contributed by atoms with van der Waals surface area (Å²) < 4.78 is 18.6. The summed E-state index contributed by atoms with van der Waals surface area (Å²) in [6.45, 7) is 2.44. The van der Waals surface area contributed by atoms with Gasteiger partial charge in [-0.3, -0.25) is 4.90 Å². The van der Waals surface area contributed by atoms with Gasteiger partial charge in [-0.25, -0.2) is 4.21 Å². The molecule has 0 saturated carbocycles. The Kier molecular flexibility index (Phi) is 2.79. The molecule has 0 aromatic carbocycles. The molecule has 3 N–H and O–H groups in total. The molecule has 1 atom stereocenters. The highest BCUT2D eigenvalue weighted by Crippen LogP contribution is 2.03. The van der Waals surface area contributed by atoms with Crippen LogP contribution in [0.15, 0.2) is 0 Å². The summed E-state index contributed by atoms with van der Waals surface area (Å²) in [6.07, 6.45) is 0. The fourth-order valence-corrected chi connectivity index (χ4v) is 1.41. The Balaban J connectivity index is 2.00. The molecule has 4 nitrogen and oxygen atoms in total. The standard InChI is InChI=1S/C5H12N2O2S/c6-5-3-7(4-5)1-2-10(8)9/h5H,1-4,6H2,(H,8,9). The van der Waals surface area contributed by atoms with E-state index < -0.39 is 11.1 Å². The second-order valence-electron chi connectivity index (χ2n) is 2.55. The van der Waals surface area contributed by atoms with Crippen molar-refractivity contribution in [2.45, 2.75) is 6.04 Å². The van der Waals surface area contributed by atoms with Crippen LogP contribution in [-0.4, -0.2) is 45.1 Å². The van der Waals surface area contributed by atoms with E-state index in [1.165, 1.54) is 0 Å². The third kappa shape index (κ3) is 2.34. The van der Waals surface area contributed by atoms with Crippen LogP contribution in [0.4, 0.5) is 0 Å². The molecule has 0 radical (unpaired) electrons. The first-order chi connectivity index (χ1) is 4.68. The predicted molar refractivity (Wildman–Crippen MR) is 40.1 cm³/mol. The van der Waals surface area contributed by atoms with Gasteiger partial charge in [0, 0.05) is 25.7 Å². The molecule has 1 aliphatic rings. The lowest BCUT2D eigenvalue weighted by atomic mass is 10.1. The normalized spacial score (nSPS) is 24.2. The van der Waals surface area contributed by atoms with Crippen molar-refractivity contribution in [3.63, 3.8) is 0 Å². The van der Waals surface area contributed by atoms with Crippen molar-refractivity contribution in [3.05, 3.63) is 0 Å². The predicted octanol–water partition coefficient (Wildman–Crippen LogP) is -1.15. The lowest BCUT2D eigenvalue weighted by Crippen LogP contribution is -2.56. The number of likely N-dealkylation sites (tertiary alicyclic amines) is 1. The number of nitrogens with zero attached hydrogens (tertiary/aromatic N) is 1. The van der Waals surface area contributed by atoms with Gasteiger partial charge in [-0.05, 0) is 0 Å². The molecule has 0 aromatic rings. The van der Waals surface area contributed by atoms with Crippen LogP contribution in [0.5, 0.6) is 0 Å². The Morgan fingerprint density at radius 2 is 2.30 bits per heavy atom. The molecule has 5 heteroatoms. The third-order valence-electron chi connectivity index (χ3n) is 1.57. The van der Waals surface area contributed by atoms with Crippen molar-refractivity contribution >= 4 is 11.1 Å². The van der Waals surface area contributed by atoms with Gasteiger partial charge >= 0.3 is 0 Å². The van der Waals surface area contributed by atoms with Gasteiger partial charge < -0.3 is 10.3 Å². The van der Waals surface area contributed by atoms with E-state index in [1.54, 1.807) is 0 Å². The molecule has 1 rings (SSSR count). The van der Waals surface area contributed by atoms with Crippen LogP contribution in [0.1, 0.15) is 0 Å². The first-order valence-electron chi connectivity index (χ1n) is 3.24. The Hall–Kier alpha value is 0.0300. The number of hydrogen-bond donors (Lipinski definition) is 2. The van der Waals surface area contributed by atoms with E-state index in [-0.39, 0.29) is 6.04 Å².